The van der Waals surface area contributed by atoms with Crippen LogP contribution in [0.2, 0.25) is 0 Å². The van der Waals surface area contributed by atoms with Crippen molar-refractivity contribution in [2.75, 3.05) is 21.3 Å². The Hall–Kier alpha value is -1.31. The Morgan fingerprint density at radius 2 is 1.61 bits per heavy atom. The topological polar surface area (TPSA) is 65.1 Å². The number of hydrogen-bond donors (Lipinski definition) is 0. The van der Waals surface area contributed by atoms with E-state index in [0.717, 1.165) is 25.7 Å². The van der Waals surface area contributed by atoms with Gasteiger partial charge in [0.1, 0.15) is 0 Å². The first-order valence-electron chi connectivity index (χ1n) is 7.79. The van der Waals surface area contributed by atoms with Crippen molar-refractivity contribution >= 4 is 10.0 Å². The summed E-state index contributed by atoms with van der Waals surface area (Å²) < 4.78 is 43.7. The van der Waals surface area contributed by atoms with Gasteiger partial charge in [-0.3, -0.25) is 0 Å². The molecule has 23 heavy (non-hydrogen) atoms. The molecule has 1 aromatic rings. The Balaban J connectivity index is 1.94. The fourth-order valence-electron chi connectivity index (χ4n) is 3.77. The van der Waals surface area contributed by atoms with E-state index < -0.39 is 10.0 Å². The van der Waals surface area contributed by atoms with E-state index in [1.54, 1.807) is 23.5 Å². The van der Waals surface area contributed by atoms with Crippen molar-refractivity contribution in [1.82, 2.24) is 4.31 Å². The summed E-state index contributed by atoms with van der Waals surface area (Å²) >= 11 is 0. The molecule has 2 bridgehead atoms. The normalized spacial score (nSPS) is 27.9. The van der Waals surface area contributed by atoms with Crippen LogP contribution in [-0.4, -0.2) is 52.2 Å². The Labute approximate surface area is 137 Å². The molecule has 0 aromatic heterocycles. The third-order valence-electron chi connectivity index (χ3n) is 4.89. The van der Waals surface area contributed by atoms with Gasteiger partial charge in [0.25, 0.3) is 0 Å². The van der Waals surface area contributed by atoms with E-state index in [0.29, 0.717) is 11.5 Å². The number of fused-ring (bicyclic) bond motifs is 2. The molecule has 2 aliphatic heterocycles. The maximum absolute atomic E-state index is 13.1. The van der Waals surface area contributed by atoms with Crippen LogP contribution in [0.25, 0.3) is 0 Å². The fraction of sp³-hybridized carbons (Fsp3) is 0.625. The van der Waals surface area contributed by atoms with Gasteiger partial charge in [-0.05, 0) is 37.8 Å². The molecule has 3 rings (SSSR count). The van der Waals surface area contributed by atoms with Crippen molar-refractivity contribution in [3.63, 3.8) is 0 Å². The molecule has 6 nitrogen and oxygen atoms in total. The van der Waals surface area contributed by atoms with E-state index in [9.17, 15) is 8.42 Å². The molecule has 128 valence electrons. The molecule has 0 aliphatic carbocycles. The van der Waals surface area contributed by atoms with E-state index in [1.807, 2.05) is 0 Å². The lowest BCUT2D eigenvalue weighted by Crippen LogP contribution is -2.48. The highest BCUT2D eigenvalue weighted by molar-refractivity contribution is 7.89. The number of benzene rings is 1. The molecule has 2 aliphatic rings. The van der Waals surface area contributed by atoms with E-state index in [-0.39, 0.29) is 23.1 Å². The number of methoxy groups -OCH3 is 3. The molecular weight excluding hydrogens is 318 g/mol. The van der Waals surface area contributed by atoms with E-state index in [2.05, 4.69) is 0 Å². The number of piperidine rings is 1. The summed E-state index contributed by atoms with van der Waals surface area (Å²) in [5.41, 5.74) is 0. The smallest absolute Gasteiger partial charge is 0.243 e. The van der Waals surface area contributed by atoms with Crippen LogP contribution in [0.1, 0.15) is 25.7 Å². The largest absolute Gasteiger partial charge is 0.493 e. The second kappa shape index (κ2) is 6.30. The third-order valence-corrected chi connectivity index (χ3v) is 6.89. The third kappa shape index (κ3) is 2.81. The summed E-state index contributed by atoms with van der Waals surface area (Å²) in [4.78, 5) is 0.253. The summed E-state index contributed by atoms with van der Waals surface area (Å²) in [7, 11) is 1.18. The van der Waals surface area contributed by atoms with Crippen LogP contribution in [0.15, 0.2) is 23.1 Å². The maximum Gasteiger partial charge on any atom is 0.243 e. The fourth-order valence-corrected chi connectivity index (χ4v) is 5.68. The van der Waals surface area contributed by atoms with Crippen LogP contribution in [0.4, 0.5) is 0 Å². The van der Waals surface area contributed by atoms with Crippen molar-refractivity contribution in [2.45, 2.75) is 48.8 Å². The highest BCUT2D eigenvalue weighted by Gasteiger charge is 2.47. The van der Waals surface area contributed by atoms with Crippen molar-refractivity contribution in [3.8, 4) is 11.5 Å². The summed E-state index contributed by atoms with van der Waals surface area (Å²) in [5.74, 6) is 0.945. The van der Waals surface area contributed by atoms with Gasteiger partial charge < -0.3 is 14.2 Å². The van der Waals surface area contributed by atoms with Crippen molar-refractivity contribution in [3.05, 3.63) is 18.2 Å². The lowest BCUT2D eigenvalue weighted by atomic mass is 10.0. The number of rotatable bonds is 5. The van der Waals surface area contributed by atoms with Crippen molar-refractivity contribution in [1.29, 1.82) is 0 Å². The lowest BCUT2D eigenvalue weighted by Gasteiger charge is -2.37. The molecule has 2 saturated heterocycles. The van der Waals surface area contributed by atoms with Crippen LogP contribution >= 0.6 is 0 Å². The summed E-state index contributed by atoms with van der Waals surface area (Å²) in [5, 5.41) is 0. The second-order valence-corrected chi connectivity index (χ2v) is 7.91. The minimum atomic E-state index is -3.54. The van der Waals surface area contributed by atoms with Gasteiger partial charge in [0.2, 0.25) is 10.0 Å². The van der Waals surface area contributed by atoms with E-state index >= 15 is 0 Å². The van der Waals surface area contributed by atoms with Crippen molar-refractivity contribution in [2.24, 2.45) is 0 Å². The van der Waals surface area contributed by atoms with Gasteiger partial charge in [0, 0.05) is 25.3 Å². The Kier molecular flexibility index (Phi) is 4.53. The van der Waals surface area contributed by atoms with Crippen LogP contribution in [0.5, 0.6) is 11.5 Å². The van der Waals surface area contributed by atoms with Crippen LogP contribution < -0.4 is 9.47 Å². The zero-order chi connectivity index (χ0) is 16.6. The quantitative estimate of drug-likeness (QED) is 0.820. The lowest BCUT2D eigenvalue weighted by molar-refractivity contribution is 0.0349. The average molecular weight is 341 g/mol. The second-order valence-electron chi connectivity index (χ2n) is 6.07. The highest BCUT2D eigenvalue weighted by atomic mass is 32.2. The van der Waals surface area contributed by atoms with E-state index in [4.69, 9.17) is 14.2 Å². The number of nitrogens with zero attached hydrogens (tertiary/aromatic N) is 1. The molecule has 0 saturated carbocycles. The number of sulfonamides is 1. The summed E-state index contributed by atoms with van der Waals surface area (Å²) in [6.45, 7) is 0. The molecule has 2 fully saturated rings. The monoisotopic (exact) mass is 341 g/mol. The molecule has 2 heterocycles. The maximum atomic E-state index is 13.1. The van der Waals surface area contributed by atoms with Crippen LogP contribution in [-0.2, 0) is 14.8 Å². The van der Waals surface area contributed by atoms with Gasteiger partial charge in [0.05, 0.1) is 25.2 Å². The van der Waals surface area contributed by atoms with E-state index in [1.165, 1.54) is 20.3 Å². The molecule has 0 radical (unpaired) electrons. The molecule has 0 amide bonds. The summed E-state index contributed by atoms with van der Waals surface area (Å²) in [6.07, 6.45) is 3.48. The average Bonchev–Trinajstić information content (AvgIpc) is 2.85. The minimum absolute atomic E-state index is 0.0248. The zero-order valence-corrected chi connectivity index (χ0v) is 14.5. The molecule has 2 unspecified atom stereocenters. The first-order valence-corrected chi connectivity index (χ1v) is 9.23. The standard InChI is InChI=1S/C16H23NO5S/c1-20-13-8-11-4-5-12(9-13)17(11)23(18,19)14-6-7-15(21-2)16(10-14)22-3/h6-7,10-13H,4-5,8-9H2,1-3H3. The highest BCUT2D eigenvalue weighted by Crippen LogP contribution is 2.41. The Bertz CT molecular complexity index is 661. The SMILES string of the molecule is COc1ccc(S(=O)(=O)N2C3CCC2CC(OC)C3)cc1OC. The predicted octanol–water partition coefficient (Wildman–Crippen LogP) is 2.03. The molecule has 0 spiro atoms. The number of hydrogen-bond acceptors (Lipinski definition) is 5. The van der Waals surface area contributed by atoms with Crippen LogP contribution in [0.3, 0.4) is 0 Å². The van der Waals surface area contributed by atoms with Gasteiger partial charge in [-0.15, -0.1) is 0 Å². The van der Waals surface area contributed by atoms with Crippen molar-refractivity contribution < 1.29 is 22.6 Å². The number of ether oxygens (including phenoxy) is 3. The molecule has 7 heteroatoms. The Morgan fingerprint density at radius 1 is 1.00 bits per heavy atom. The van der Waals surface area contributed by atoms with Gasteiger partial charge in [0.15, 0.2) is 11.5 Å². The Morgan fingerprint density at radius 3 is 2.13 bits per heavy atom. The predicted molar refractivity (Wildman–Crippen MR) is 85.4 cm³/mol. The molecular formula is C16H23NO5S. The first kappa shape index (κ1) is 16.5. The van der Waals surface area contributed by atoms with Gasteiger partial charge in [-0.2, -0.15) is 4.31 Å². The molecule has 2 atom stereocenters. The summed E-state index contributed by atoms with van der Waals surface area (Å²) in [6, 6.07) is 4.80. The zero-order valence-electron chi connectivity index (χ0n) is 13.7. The van der Waals surface area contributed by atoms with Crippen LogP contribution in [0, 0.1) is 0 Å². The van der Waals surface area contributed by atoms with Gasteiger partial charge in [-0.25, -0.2) is 8.42 Å². The van der Waals surface area contributed by atoms with Gasteiger partial charge in [-0.1, -0.05) is 0 Å². The minimum Gasteiger partial charge on any atom is -0.493 e. The molecule has 0 N–H and O–H groups in total. The van der Waals surface area contributed by atoms with Gasteiger partial charge >= 0.3 is 0 Å². The first-order chi connectivity index (χ1) is 11.0. The molecule has 1 aromatic carbocycles.